The summed E-state index contributed by atoms with van der Waals surface area (Å²) in [6, 6.07) is -0.907. The number of hydrogen-bond donors (Lipinski definition) is 2. The van der Waals surface area contributed by atoms with Crippen LogP contribution in [-0.4, -0.2) is 68.5 Å². The predicted molar refractivity (Wildman–Crippen MR) is 339 cm³/mol. The highest BCUT2D eigenvalue weighted by atomic mass is 31.2. The van der Waals surface area contributed by atoms with Gasteiger partial charge in [-0.15, -0.1) is 0 Å². The number of phosphoric ester groups is 1. The van der Waals surface area contributed by atoms with Crippen LogP contribution in [0.1, 0.15) is 309 Å². The summed E-state index contributed by atoms with van der Waals surface area (Å²) < 4.78 is 23.4. The first kappa shape index (κ1) is 75.9. The fourth-order valence-corrected chi connectivity index (χ4v) is 10.5. The average Bonchev–Trinajstić information content (AvgIpc) is 3.41. The third-order valence-electron chi connectivity index (χ3n) is 14.9. The lowest BCUT2D eigenvalue weighted by Gasteiger charge is -2.29. The normalized spacial score (nSPS) is 14.2. The lowest BCUT2D eigenvalue weighted by molar-refractivity contribution is -0.870. The van der Waals surface area contributed by atoms with Gasteiger partial charge in [0.05, 0.1) is 39.9 Å². The Labute approximate surface area is 484 Å². The van der Waals surface area contributed by atoms with Crippen molar-refractivity contribution < 1.29 is 32.9 Å². The van der Waals surface area contributed by atoms with Crippen LogP contribution in [0.25, 0.3) is 0 Å². The van der Waals surface area contributed by atoms with Gasteiger partial charge in [-0.25, -0.2) is 0 Å². The van der Waals surface area contributed by atoms with Crippen molar-refractivity contribution in [3.8, 4) is 0 Å². The SMILES string of the molecule is CC/C=C\C/C=C\C/C=C\C/C=C\CCCCCCCCCCCCCCCCCCC(=O)NC(COP(=O)([O-])OCC[N+](C)(C)C)C(O)/C=C/CC/C=C/CCCCCCCCCCCCCCCCCCCCCCC. The highest BCUT2D eigenvalue weighted by molar-refractivity contribution is 7.45. The number of hydrogen-bond acceptors (Lipinski definition) is 6. The zero-order valence-corrected chi connectivity index (χ0v) is 53.0. The van der Waals surface area contributed by atoms with Gasteiger partial charge in [0.25, 0.3) is 7.82 Å². The summed E-state index contributed by atoms with van der Waals surface area (Å²) in [5.41, 5.74) is 0. The Kier molecular flexibility index (Phi) is 58.0. The van der Waals surface area contributed by atoms with E-state index in [2.05, 4.69) is 79.9 Å². The Hall–Kier alpha value is -2.06. The molecule has 0 aromatic rings. The van der Waals surface area contributed by atoms with E-state index in [4.69, 9.17) is 9.05 Å². The first-order valence-electron chi connectivity index (χ1n) is 33.3. The Bertz CT molecular complexity index is 1500. The number of aliphatic hydroxyl groups excluding tert-OH is 1. The van der Waals surface area contributed by atoms with E-state index >= 15 is 0 Å². The number of carbonyl (C=O) groups excluding carboxylic acids is 1. The molecule has 0 radical (unpaired) electrons. The number of allylic oxidation sites excluding steroid dienone is 11. The van der Waals surface area contributed by atoms with E-state index < -0.39 is 26.6 Å². The van der Waals surface area contributed by atoms with E-state index in [1.54, 1.807) is 6.08 Å². The molecule has 9 heteroatoms. The van der Waals surface area contributed by atoms with Gasteiger partial charge < -0.3 is 28.8 Å². The minimum Gasteiger partial charge on any atom is -0.756 e. The van der Waals surface area contributed by atoms with E-state index in [9.17, 15) is 19.4 Å². The summed E-state index contributed by atoms with van der Waals surface area (Å²) >= 11 is 0. The van der Waals surface area contributed by atoms with Gasteiger partial charge in [0, 0.05) is 6.42 Å². The Morgan fingerprint density at radius 1 is 0.462 bits per heavy atom. The predicted octanol–water partition coefficient (Wildman–Crippen LogP) is 20.4. The van der Waals surface area contributed by atoms with Gasteiger partial charge in [0.1, 0.15) is 13.2 Å². The fourth-order valence-electron chi connectivity index (χ4n) is 9.75. The summed E-state index contributed by atoms with van der Waals surface area (Å²) in [5.74, 6) is -0.205. The van der Waals surface area contributed by atoms with Gasteiger partial charge >= 0.3 is 0 Å². The molecule has 456 valence electrons. The maximum atomic E-state index is 13.0. The summed E-state index contributed by atoms with van der Waals surface area (Å²) in [6.45, 7) is 4.55. The maximum Gasteiger partial charge on any atom is 0.268 e. The molecule has 1 amide bonds. The number of unbranched alkanes of at least 4 members (excludes halogenated alkanes) is 38. The monoisotopic (exact) mass is 1110 g/mol. The van der Waals surface area contributed by atoms with Crippen LogP contribution in [0.2, 0.25) is 0 Å². The lowest BCUT2D eigenvalue weighted by Crippen LogP contribution is -2.45. The minimum absolute atomic E-state index is 0.00746. The smallest absolute Gasteiger partial charge is 0.268 e. The molecule has 0 saturated heterocycles. The van der Waals surface area contributed by atoms with E-state index in [0.717, 1.165) is 64.2 Å². The molecule has 0 heterocycles. The summed E-state index contributed by atoms with van der Waals surface area (Å²) in [4.78, 5) is 25.6. The van der Waals surface area contributed by atoms with Crippen LogP contribution in [-0.2, 0) is 18.4 Å². The number of amides is 1. The van der Waals surface area contributed by atoms with Gasteiger partial charge in [-0.05, 0) is 70.6 Å². The number of aliphatic hydroxyl groups is 1. The molecule has 0 aliphatic rings. The molecule has 0 rings (SSSR count). The van der Waals surface area contributed by atoms with Gasteiger partial charge in [-0.3, -0.25) is 9.36 Å². The number of carbonyl (C=O) groups is 1. The van der Waals surface area contributed by atoms with Crippen LogP contribution in [0.4, 0.5) is 0 Å². The molecule has 0 saturated carbocycles. The zero-order valence-electron chi connectivity index (χ0n) is 52.1. The molecule has 3 unspecified atom stereocenters. The number of phosphoric acid groups is 1. The number of quaternary nitrogens is 1. The molecule has 0 aliphatic carbocycles. The molecule has 2 N–H and O–H groups in total. The summed E-state index contributed by atoms with van der Waals surface area (Å²) in [5, 5.41) is 13.9. The Morgan fingerprint density at radius 2 is 0.795 bits per heavy atom. The lowest BCUT2D eigenvalue weighted by atomic mass is 10.0. The molecule has 0 bridgehead atoms. The quantitative estimate of drug-likeness (QED) is 0.0272. The van der Waals surface area contributed by atoms with Gasteiger partial charge in [-0.2, -0.15) is 0 Å². The number of nitrogens with one attached hydrogen (secondary N) is 1. The molecule has 3 atom stereocenters. The molecule has 0 aromatic carbocycles. The summed E-state index contributed by atoms with van der Waals surface area (Å²) in [6.07, 6.45) is 83.0. The maximum absolute atomic E-state index is 13.0. The van der Waals surface area contributed by atoms with Gasteiger partial charge in [0.15, 0.2) is 0 Å². The van der Waals surface area contributed by atoms with Crippen LogP contribution in [0, 0.1) is 0 Å². The van der Waals surface area contributed by atoms with Crippen molar-refractivity contribution in [3.05, 3.63) is 72.9 Å². The minimum atomic E-state index is -4.61. The van der Waals surface area contributed by atoms with Crippen LogP contribution < -0.4 is 10.2 Å². The Morgan fingerprint density at radius 3 is 1.19 bits per heavy atom. The van der Waals surface area contributed by atoms with Crippen LogP contribution >= 0.6 is 7.82 Å². The molecular formula is C69H129N2O6P. The molecular weight excluding hydrogens is 984 g/mol. The van der Waals surface area contributed by atoms with Gasteiger partial charge in [-0.1, -0.05) is 305 Å². The Balaban J connectivity index is 4.13. The fraction of sp³-hybridized carbons (Fsp3) is 0.812. The van der Waals surface area contributed by atoms with Gasteiger partial charge in [0.2, 0.25) is 5.91 Å². The van der Waals surface area contributed by atoms with Crippen molar-refractivity contribution in [1.82, 2.24) is 5.32 Å². The second-order valence-corrected chi connectivity index (χ2v) is 25.2. The molecule has 0 aromatic heterocycles. The van der Waals surface area contributed by atoms with Crippen LogP contribution in [0.15, 0.2) is 72.9 Å². The molecule has 0 aliphatic heterocycles. The molecule has 78 heavy (non-hydrogen) atoms. The van der Waals surface area contributed by atoms with Crippen molar-refractivity contribution in [3.63, 3.8) is 0 Å². The van der Waals surface area contributed by atoms with Crippen molar-refractivity contribution in [2.24, 2.45) is 0 Å². The molecule has 0 fully saturated rings. The topological polar surface area (TPSA) is 108 Å². The number of rotatable bonds is 61. The second kappa shape index (κ2) is 59.6. The zero-order chi connectivity index (χ0) is 57.0. The summed E-state index contributed by atoms with van der Waals surface area (Å²) in [7, 11) is 1.25. The second-order valence-electron chi connectivity index (χ2n) is 23.8. The third kappa shape index (κ3) is 61.6. The average molecular weight is 1110 g/mol. The third-order valence-corrected chi connectivity index (χ3v) is 15.9. The largest absolute Gasteiger partial charge is 0.756 e. The van der Waals surface area contributed by atoms with E-state index in [1.165, 1.54) is 225 Å². The van der Waals surface area contributed by atoms with Crippen molar-refractivity contribution in [2.45, 2.75) is 321 Å². The number of likely N-dealkylation sites (N-methyl/N-ethyl adjacent to an activating group) is 1. The molecule has 0 spiro atoms. The van der Waals surface area contributed by atoms with E-state index in [-0.39, 0.29) is 12.5 Å². The van der Waals surface area contributed by atoms with Crippen molar-refractivity contribution in [1.29, 1.82) is 0 Å². The van der Waals surface area contributed by atoms with E-state index in [1.807, 2.05) is 27.2 Å². The first-order chi connectivity index (χ1) is 38.0. The number of nitrogens with zero attached hydrogens (tertiary/aromatic N) is 1. The standard InChI is InChI=1S/C69H129N2O6P/c1-6-8-10-12-14-16-18-20-22-24-26-28-30-32-34-35-37-39-41-43-45-47-49-51-53-55-57-59-61-63-69(73)70-67(66-77-78(74,75)76-65-64-71(3,4)5)68(72)62-60-58-56-54-52-50-48-46-44-42-40-38-36-33-31-29-27-25-23-21-19-17-15-13-11-9-7-2/h8,10,14,16,20,22,26,28,52,54,60,62,67-68,72H,6-7,9,11-13,15,17-19,21,23-25,27,29-51,53,55-59,61,63-66H2,1-5H3,(H-,70,73,74,75)/b10-8-,16-14-,22-20-,28-26-,54-52+,62-60+. The highest BCUT2D eigenvalue weighted by Gasteiger charge is 2.23. The van der Waals surface area contributed by atoms with Crippen molar-refractivity contribution in [2.75, 3.05) is 40.9 Å². The van der Waals surface area contributed by atoms with Crippen molar-refractivity contribution >= 4 is 13.7 Å². The van der Waals surface area contributed by atoms with Crippen LogP contribution in [0.5, 0.6) is 0 Å². The highest BCUT2D eigenvalue weighted by Crippen LogP contribution is 2.38. The van der Waals surface area contributed by atoms with E-state index in [0.29, 0.717) is 17.4 Å². The molecule has 8 nitrogen and oxygen atoms in total. The first-order valence-corrected chi connectivity index (χ1v) is 34.8. The van der Waals surface area contributed by atoms with Crippen LogP contribution in [0.3, 0.4) is 0 Å².